The number of methoxy groups -OCH3 is 3. The topological polar surface area (TPSA) is 92.9 Å². The molecule has 7 heteroatoms. The number of nitrogens with zero attached hydrogens (tertiary/aromatic N) is 2. The third kappa shape index (κ3) is 5.33. The molecule has 0 aliphatic rings. The summed E-state index contributed by atoms with van der Waals surface area (Å²) >= 11 is 0. The van der Waals surface area contributed by atoms with Crippen LogP contribution in [0.2, 0.25) is 0 Å². The smallest absolute Gasteiger partial charge is 0.168 e. The van der Waals surface area contributed by atoms with Gasteiger partial charge in [0.15, 0.2) is 6.17 Å². The SMILES string of the molecule is COc1ccc(O)c(/C=N/C(/N=C/c2cc(OC)ccc2O)c2ccccc2OC)c1. The van der Waals surface area contributed by atoms with Crippen LogP contribution in [0.25, 0.3) is 0 Å². The minimum atomic E-state index is -0.688. The number of aromatic hydroxyl groups is 2. The van der Waals surface area contributed by atoms with E-state index in [0.717, 1.165) is 5.56 Å². The number of para-hydroxylation sites is 1. The van der Waals surface area contributed by atoms with Crippen LogP contribution >= 0.6 is 0 Å². The summed E-state index contributed by atoms with van der Waals surface area (Å²) in [6, 6.07) is 17.1. The molecule has 0 saturated carbocycles. The number of rotatable bonds is 8. The van der Waals surface area contributed by atoms with Crippen molar-refractivity contribution in [3.63, 3.8) is 0 Å². The quantitative estimate of drug-likeness (QED) is 0.528. The van der Waals surface area contributed by atoms with Crippen LogP contribution in [-0.4, -0.2) is 44.0 Å². The van der Waals surface area contributed by atoms with Crippen molar-refractivity contribution in [3.05, 3.63) is 77.4 Å². The lowest BCUT2D eigenvalue weighted by molar-refractivity contribution is 0.406. The van der Waals surface area contributed by atoms with Gasteiger partial charge in [0, 0.05) is 29.1 Å². The van der Waals surface area contributed by atoms with Crippen molar-refractivity contribution >= 4 is 12.4 Å². The summed E-state index contributed by atoms with van der Waals surface area (Å²) in [5.41, 5.74) is 1.69. The molecule has 0 bridgehead atoms. The maximum atomic E-state index is 10.2. The summed E-state index contributed by atoms with van der Waals surface area (Å²) in [5, 5.41) is 20.3. The van der Waals surface area contributed by atoms with E-state index < -0.39 is 6.17 Å². The molecule has 0 aliphatic heterocycles. The normalized spacial score (nSPS) is 11.4. The predicted octanol–water partition coefficient (Wildman–Crippen LogP) is 4.36. The van der Waals surface area contributed by atoms with E-state index in [4.69, 9.17) is 14.2 Å². The fourth-order valence-corrected chi connectivity index (χ4v) is 2.91. The highest BCUT2D eigenvalue weighted by molar-refractivity contribution is 5.86. The van der Waals surface area contributed by atoms with E-state index in [1.54, 1.807) is 45.6 Å². The molecule has 7 nitrogen and oxygen atoms in total. The first kappa shape index (κ1) is 21.7. The molecule has 160 valence electrons. The highest BCUT2D eigenvalue weighted by atomic mass is 16.5. The number of hydrogen-bond acceptors (Lipinski definition) is 7. The summed E-state index contributed by atoms with van der Waals surface area (Å²) in [7, 11) is 4.68. The number of aliphatic imine (C=N–C) groups is 2. The molecule has 0 radical (unpaired) electrons. The van der Waals surface area contributed by atoms with E-state index in [1.165, 1.54) is 24.6 Å². The van der Waals surface area contributed by atoms with Crippen molar-refractivity contribution in [2.45, 2.75) is 6.17 Å². The van der Waals surface area contributed by atoms with Gasteiger partial charge in [-0.2, -0.15) is 0 Å². The highest BCUT2D eigenvalue weighted by Crippen LogP contribution is 2.30. The number of benzene rings is 3. The van der Waals surface area contributed by atoms with Crippen molar-refractivity contribution in [2.75, 3.05) is 21.3 Å². The molecule has 0 amide bonds. The molecular formula is C24H24N2O5. The molecule has 2 N–H and O–H groups in total. The molecule has 0 fully saturated rings. The van der Waals surface area contributed by atoms with Gasteiger partial charge in [-0.1, -0.05) is 18.2 Å². The Morgan fingerprint density at radius 1 is 0.710 bits per heavy atom. The van der Waals surface area contributed by atoms with Crippen LogP contribution in [0.3, 0.4) is 0 Å². The Morgan fingerprint density at radius 2 is 1.23 bits per heavy atom. The van der Waals surface area contributed by atoms with E-state index in [1.807, 2.05) is 24.3 Å². The molecule has 0 unspecified atom stereocenters. The lowest BCUT2D eigenvalue weighted by atomic mass is 10.1. The molecule has 0 atom stereocenters. The predicted molar refractivity (Wildman–Crippen MR) is 120 cm³/mol. The Bertz CT molecular complexity index is 1030. The largest absolute Gasteiger partial charge is 0.507 e. The second-order valence-electron chi connectivity index (χ2n) is 6.52. The number of phenolic OH excluding ortho intramolecular Hbond substituents is 2. The molecular weight excluding hydrogens is 396 g/mol. The van der Waals surface area contributed by atoms with E-state index in [-0.39, 0.29) is 11.5 Å². The van der Waals surface area contributed by atoms with Crippen LogP contribution < -0.4 is 14.2 Å². The van der Waals surface area contributed by atoms with Gasteiger partial charge in [0.05, 0.1) is 21.3 Å². The Balaban J connectivity index is 2.02. The van der Waals surface area contributed by atoms with Gasteiger partial charge in [0.1, 0.15) is 28.7 Å². The van der Waals surface area contributed by atoms with Gasteiger partial charge >= 0.3 is 0 Å². The lowest BCUT2D eigenvalue weighted by Crippen LogP contribution is -1.99. The summed E-state index contributed by atoms with van der Waals surface area (Å²) in [6.45, 7) is 0. The van der Waals surface area contributed by atoms with Gasteiger partial charge in [-0.3, -0.25) is 9.98 Å². The first-order valence-electron chi connectivity index (χ1n) is 9.49. The van der Waals surface area contributed by atoms with Gasteiger partial charge in [-0.05, 0) is 42.5 Å². The van der Waals surface area contributed by atoms with Crippen LogP contribution in [0.1, 0.15) is 22.9 Å². The Kier molecular flexibility index (Phi) is 7.11. The third-order valence-electron chi connectivity index (χ3n) is 4.60. The number of phenols is 2. The minimum absolute atomic E-state index is 0.0674. The van der Waals surface area contributed by atoms with Crippen molar-refractivity contribution in [3.8, 4) is 28.7 Å². The van der Waals surface area contributed by atoms with Crippen molar-refractivity contribution in [2.24, 2.45) is 9.98 Å². The van der Waals surface area contributed by atoms with Gasteiger partial charge in [-0.25, -0.2) is 0 Å². The second-order valence-corrected chi connectivity index (χ2v) is 6.52. The number of hydrogen-bond donors (Lipinski definition) is 2. The maximum Gasteiger partial charge on any atom is 0.168 e. The van der Waals surface area contributed by atoms with E-state index in [2.05, 4.69) is 9.98 Å². The summed E-state index contributed by atoms with van der Waals surface area (Å²) in [5.74, 6) is 1.94. The Labute approximate surface area is 180 Å². The second kappa shape index (κ2) is 10.2. The summed E-state index contributed by atoms with van der Waals surface area (Å²) < 4.78 is 15.9. The van der Waals surface area contributed by atoms with Crippen LogP contribution in [0.15, 0.2) is 70.6 Å². The molecule has 3 rings (SSSR count). The molecule has 0 aliphatic carbocycles. The monoisotopic (exact) mass is 420 g/mol. The Hall–Kier alpha value is -4.00. The van der Waals surface area contributed by atoms with E-state index in [0.29, 0.717) is 28.4 Å². The van der Waals surface area contributed by atoms with E-state index >= 15 is 0 Å². The average Bonchev–Trinajstić information content (AvgIpc) is 2.81. The molecule has 3 aromatic carbocycles. The van der Waals surface area contributed by atoms with Gasteiger partial charge in [0.25, 0.3) is 0 Å². The van der Waals surface area contributed by atoms with E-state index in [9.17, 15) is 10.2 Å². The highest BCUT2D eigenvalue weighted by Gasteiger charge is 2.14. The van der Waals surface area contributed by atoms with Gasteiger partial charge in [0.2, 0.25) is 0 Å². The average molecular weight is 420 g/mol. The Morgan fingerprint density at radius 3 is 1.71 bits per heavy atom. The van der Waals surface area contributed by atoms with Crippen molar-refractivity contribution < 1.29 is 24.4 Å². The van der Waals surface area contributed by atoms with Crippen LogP contribution in [0.4, 0.5) is 0 Å². The molecule has 0 saturated heterocycles. The van der Waals surface area contributed by atoms with Crippen LogP contribution in [0, 0.1) is 0 Å². The third-order valence-corrected chi connectivity index (χ3v) is 4.60. The molecule has 0 heterocycles. The zero-order chi connectivity index (χ0) is 22.2. The van der Waals surface area contributed by atoms with Crippen LogP contribution in [0.5, 0.6) is 28.7 Å². The molecule has 0 spiro atoms. The van der Waals surface area contributed by atoms with Gasteiger partial charge < -0.3 is 24.4 Å². The van der Waals surface area contributed by atoms with Gasteiger partial charge in [-0.15, -0.1) is 0 Å². The lowest BCUT2D eigenvalue weighted by Gasteiger charge is -2.13. The van der Waals surface area contributed by atoms with Crippen molar-refractivity contribution in [1.82, 2.24) is 0 Å². The molecule has 31 heavy (non-hydrogen) atoms. The summed E-state index contributed by atoms with van der Waals surface area (Å²) in [6.07, 6.45) is 2.36. The minimum Gasteiger partial charge on any atom is -0.507 e. The van der Waals surface area contributed by atoms with Crippen molar-refractivity contribution in [1.29, 1.82) is 0 Å². The van der Waals surface area contributed by atoms with Crippen LogP contribution in [-0.2, 0) is 0 Å². The fourth-order valence-electron chi connectivity index (χ4n) is 2.91. The zero-order valence-corrected chi connectivity index (χ0v) is 17.5. The first-order chi connectivity index (χ1) is 15.0. The standard InChI is InChI=1S/C24H24N2O5/c1-29-18-8-10-21(27)16(12-18)14-25-24(20-6-4-5-7-23(20)31-3)26-15-17-13-19(30-2)9-11-22(17)28/h4-15,24,27-28H,1-3H3/b25-14+,26-15+. The maximum absolute atomic E-state index is 10.2. The summed E-state index contributed by atoms with van der Waals surface area (Å²) in [4.78, 5) is 9.13. The first-order valence-corrected chi connectivity index (χ1v) is 9.49. The fraction of sp³-hybridized carbons (Fsp3) is 0.167. The molecule has 0 aromatic heterocycles. The number of ether oxygens (including phenoxy) is 3. The zero-order valence-electron chi connectivity index (χ0n) is 17.5. The molecule has 3 aromatic rings.